The third-order valence-electron chi connectivity index (χ3n) is 3.05. The Morgan fingerprint density at radius 2 is 2.12 bits per heavy atom. The van der Waals surface area contributed by atoms with E-state index in [0.717, 1.165) is 24.6 Å². The highest BCUT2D eigenvalue weighted by Gasteiger charge is 2.08. The van der Waals surface area contributed by atoms with Gasteiger partial charge in [-0.05, 0) is 37.6 Å². The van der Waals surface area contributed by atoms with Crippen molar-refractivity contribution in [3.05, 3.63) is 23.4 Å². The third kappa shape index (κ3) is 4.35. The first kappa shape index (κ1) is 14.0. The lowest BCUT2D eigenvalue weighted by Crippen LogP contribution is -2.25. The van der Waals surface area contributed by atoms with E-state index in [0.29, 0.717) is 5.92 Å². The predicted octanol–water partition coefficient (Wildman–Crippen LogP) is 2.59. The Morgan fingerprint density at radius 3 is 2.71 bits per heavy atom. The summed E-state index contributed by atoms with van der Waals surface area (Å²) in [4.78, 5) is 6.85. The summed E-state index contributed by atoms with van der Waals surface area (Å²) < 4.78 is 0. The summed E-state index contributed by atoms with van der Waals surface area (Å²) in [5.74, 6) is 1.78. The highest BCUT2D eigenvalue weighted by atomic mass is 15.2. The zero-order valence-corrected chi connectivity index (χ0v) is 11.7. The summed E-state index contributed by atoms with van der Waals surface area (Å²) in [5.41, 5.74) is 2.38. The lowest BCUT2D eigenvalue weighted by atomic mass is 10.1. The maximum atomic E-state index is 4.60. The van der Waals surface area contributed by atoms with Crippen molar-refractivity contribution in [1.82, 2.24) is 10.3 Å². The molecule has 0 saturated carbocycles. The van der Waals surface area contributed by atoms with Crippen molar-refractivity contribution >= 4 is 5.82 Å². The SMILES string of the molecule is CCC(C)CN(C)c1cc(CNC)cc(C)n1. The van der Waals surface area contributed by atoms with E-state index in [-0.39, 0.29) is 0 Å². The second kappa shape index (κ2) is 6.60. The molecule has 0 radical (unpaired) electrons. The molecule has 17 heavy (non-hydrogen) atoms. The van der Waals surface area contributed by atoms with Crippen molar-refractivity contribution < 1.29 is 0 Å². The van der Waals surface area contributed by atoms with Crippen LogP contribution in [0, 0.1) is 12.8 Å². The summed E-state index contributed by atoms with van der Waals surface area (Å²) in [7, 11) is 4.09. The molecule has 0 aromatic carbocycles. The van der Waals surface area contributed by atoms with E-state index in [1.807, 2.05) is 7.05 Å². The molecule has 96 valence electrons. The molecular formula is C14H25N3. The smallest absolute Gasteiger partial charge is 0.128 e. The molecule has 0 saturated heterocycles. The number of nitrogens with one attached hydrogen (secondary N) is 1. The Kier molecular flexibility index (Phi) is 5.42. The average Bonchev–Trinajstić information content (AvgIpc) is 2.28. The Bertz CT molecular complexity index is 349. The van der Waals surface area contributed by atoms with Crippen molar-refractivity contribution in [3.63, 3.8) is 0 Å². The molecule has 1 aromatic rings. The molecule has 0 amide bonds. The first-order valence-corrected chi connectivity index (χ1v) is 6.40. The number of nitrogens with zero attached hydrogens (tertiary/aromatic N) is 2. The van der Waals surface area contributed by atoms with Gasteiger partial charge in [-0.25, -0.2) is 4.98 Å². The van der Waals surface area contributed by atoms with Gasteiger partial charge in [-0.1, -0.05) is 20.3 Å². The topological polar surface area (TPSA) is 28.2 Å². The second-order valence-electron chi connectivity index (χ2n) is 4.90. The van der Waals surface area contributed by atoms with E-state index in [1.54, 1.807) is 0 Å². The zero-order valence-electron chi connectivity index (χ0n) is 11.7. The molecule has 0 aliphatic rings. The molecule has 3 nitrogen and oxygen atoms in total. The van der Waals surface area contributed by atoms with Crippen LogP contribution in [-0.4, -0.2) is 25.6 Å². The second-order valence-corrected chi connectivity index (χ2v) is 4.90. The Morgan fingerprint density at radius 1 is 1.41 bits per heavy atom. The lowest BCUT2D eigenvalue weighted by molar-refractivity contribution is 0.557. The zero-order chi connectivity index (χ0) is 12.8. The number of rotatable bonds is 6. The highest BCUT2D eigenvalue weighted by molar-refractivity contribution is 5.41. The van der Waals surface area contributed by atoms with Crippen LogP contribution in [0.25, 0.3) is 0 Å². The minimum absolute atomic E-state index is 0.704. The van der Waals surface area contributed by atoms with E-state index < -0.39 is 0 Å². The fourth-order valence-corrected chi connectivity index (χ4v) is 1.91. The molecule has 3 heteroatoms. The van der Waals surface area contributed by atoms with Crippen molar-refractivity contribution in [2.75, 3.05) is 25.5 Å². The fraction of sp³-hybridized carbons (Fsp3) is 0.643. The van der Waals surface area contributed by atoms with Crippen LogP contribution >= 0.6 is 0 Å². The van der Waals surface area contributed by atoms with Crippen LogP contribution in [0.15, 0.2) is 12.1 Å². The number of aryl methyl sites for hydroxylation is 1. The Hall–Kier alpha value is -1.09. The lowest BCUT2D eigenvalue weighted by Gasteiger charge is -2.22. The number of hydrogen-bond donors (Lipinski definition) is 1. The third-order valence-corrected chi connectivity index (χ3v) is 3.05. The van der Waals surface area contributed by atoms with Gasteiger partial charge < -0.3 is 10.2 Å². The van der Waals surface area contributed by atoms with Crippen molar-refractivity contribution in [1.29, 1.82) is 0 Å². The largest absolute Gasteiger partial charge is 0.359 e. The van der Waals surface area contributed by atoms with Crippen LogP contribution < -0.4 is 10.2 Å². The quantitative estimate of drug-likeness (QED) is 0.821. The van der Waals surface area contributed by atoms with Crippen molar-refractivity contribution in [2.24, 2.45) is 5.92 Å². The Balaban J connectivity index is 2.81. The van der Waals surface area contributed by atoms with Gasteiger partial charge >= 0.3 is 0 Å². The molecule has 1 N–H and O–H groups in total. The molecule has 0 bridgehead atoms. The van der Waals surface area contributed by atoms with Gasteiger partial charge in [0.05, 0.1) is 0 Å². The molecule has 0 aliphatic heterocycles. The van der Waals surface area contributed by atoms with Gasteiger partial charge in [-0.3, -0.25) is 0 Å². The van der Waals surface area contributed by atoms with E-state index in [2.05, 4.69) is 55.2 Å². The molecule has 0 fully saturated rings. The molecule has 0 spiro atoms. The minimum Gasteiger partial charge on any atom is -0.359 e. The summed E-state index contributed by atoms with van der Waals surface area (Å²) >= 11 is 0. The van der Waals surface area contributed by atoms with Crippen LogP contribution in [0.1, 0.15) is 31.5 Å². The Labute approximate surface area is 105 Å². The number of pyridine rings is 1. The molecule has 0 aliphatic carbocycles. The van der Waals surface area contributed by atoms with Crippen LogP contribution in [-0.2, 0) is 6.54 Å². The van der Waals surface area contributed by atoms with Gasteiger partial charge in [0.15, 0.2) is 0 Å². The van der Waals surface area contributed by atoms with Gasteiger partial charge in [0, 0.05) is 25.8 Å². The van der Waals surface area contributed by atoms with Gasteiger partial charge in [0.1, 0.15) is 5.82 Å². The monoisotopic (exact) mass is 235 g/mol. The molecule has 1 rings (SSSR count). The molecule has 1 heterocycles. The van der Waals surface area contributed by atoms with Crippen LogP contribution in [0.4, 0.5) is 5.82 Å². The predicted molar refractivity (Wildman–Crippen MR) is 74.5 cm³/mol. The normalized spacial score (nSPS) is 12.5. The average molecular weight is 235 g/mol. The van der Waals surface area contributed by atoms with E-state index in [9.17, 15) is 0 Å². The molecular weight excluding hydrogens is 210 g/mol. The van der Waals surface area contributed by atoms with Gasteiger partial charge in [-0.15, -0.1) is 0 Å². The van der Waals surface area contributed by atoms with Crippen molar-refractivity contribution in [2.45, 2.75) is 33.7 Å². The first-order valence-electron chi connectivity index (χ1n) is 6.40. The van der Waals surface area contributed by atoms with E-state index in [1.165, 1.54) is 12.0 Å². The number of anilines is 1. The van der Waals surface area contributed by atoms with Gasteiger partial charge in [0.25, 0.3) is 0 Å². The van der Waals surface area contributed by atoms with E-state index >= 15 is 0 Å². The summed E-state index contributed by atoms with van der Waals surface area (Å²) in [6, 6.07) is 4.31. The maximum absolute atomic E-state index is 4.60. The van der Waals surface area contributed by atoms with Crippen LogP contribution in [0.3, 0.4) is 0 Å². The van der Waals surface area contributed by atoms with Crippen LogP contribution in [0.5, 0.6) is 0 Å². The van der Waals surface area contributed by atoms with E-state index in [4.69, 9.17) is 0 Å². The summed E-state index contributed by atoms with van der Waals surface area (Å²) in [5, 5.41) is 3.18. The fourth-order valence-electron chi connectivity index (χ4n) is 1.91. The summed E-state index contributed by atoms with van der Waals surface area (Å²) in [6.07, 6.45) is 1.21. The van der Waals surface area contributed by atoms with Gasteiger partial charge in [-0.2, -0.15) is 0 Å². The number of aromatic nitrogens is 1. The number of hydrogen-bond acceptors (Lipinski definition) is 3. The molecule has 1 aromatic heterocycles. The minimum atomic E-state index is 0.704. The highest BCUT2D eigenvalue weighted by Crippen LogP contribution is 2.15. The summed E-state index contributed by atoms with van der Waals surface area (Å²) in [6.45, 7) is 8.52. The van der Waals surface area contributed by atoms with Crippen LogP contribution in [0.2, 0.25) is 0 Å². The maximum Gasteiger partial charge on any atom is 0.128 e. The van der Waals surface area contributed by atoms with Gasteiger partial charge in [0.2, 0.25) is 0 Å². The molecule has 1 unspecified atom stereocenters. The van der Waals surface area contributed by atoms with Crippen molar-refractivity contribution in [3.8, 4) is 0 Å². The standard InChI is InChI=1S/C14H25N3/c1-6-11(2)10-17(5)14-8-13(9-15-4)7-12(3)16-14/h7-8,11,15H,6,9-10H2,1-5H3. The molecule has 1 atom stereocenters. The first-order chi connectivity index (χ1) is 8.06.